The Hall–Kier alpha value is -0.590. The molecule has 124 valence electrons. The zero-order chi connectivity index (χ0) is 16.3. The molecule has 0 atom stereocenters. The van der Waals surface area contributed by atoms with E-state index in [-0.39, 0.29) is 6.09 Å². The average Bonchev–Trinajstić information content (AvgIpc) is 3.15. The number of hydrogen-bond acceptors (Lipinski definition) is 4. The minimum atomic E-state index is -0.432. The summed E-state index contributed by atoms with van der Waals surface area (Å²) in [4.78, 5) is 16.7. The lowest BCUT2D eigenvalue weighted by atomic mass is 10.2. The van der Waals surface area contributed by atoms with Crippen molar-refractivity contribution < 1.29 is 9.53 Å². The number of aryl methyl sites for hydroxylation is 1. The quantitative estimate of drug-likeness (QED) is 0.738. The van der Waals surface area contributed by atoms with Gasteiger partial charge in [-0.15, -0.1) is 11.3 Å². The fourth-order valence-electron chi connectivity index (χ4n) is 2.15. The molecule has 1 saturated carbocycles. The summed E-state index contributed by atoms with van der Waals surface area (Å²) < 4.78 is 6.66. The third-order valence-electron chi connectivity index (χ3n) is 3.35. The fourth-order valence-corrected chi connectivity index (χ4v) is 3.72. The van der Waals surface area contributed by atoms with E-state index in [4.69, 9.17) is 4.74 Å². The van der Waals surface area contributed by atoms with Gasteiger partial charge in [-0.2, -0.15) is 0 Å². The summed E-state index contributed by atoms with van der Waals surface area (Å²) in [6.07, 6.45) is 2.00. The van der Waals surface area contributed by atoms with Gasteiger partial charge in [0.15, 0.2) is 0 Å². The van der Waals surface area contributed by atoms with E-state index >= 15 is 0 Å². The number of halogens is 1. The van der Waals surface area contributed by atoms with Gasteiger partial charge < -0.3 is 15.0 Å². The molecule has 1 aliphatic carbocycles. The van der Waals surface area contributed by atoms with E-state index in [1.165, 1.54) is 14.2 Å². The molecule has 1 amide bonds. The van der Waals surface area contributed by atoms with Gasteiger partial charge in [0.25, 0.3) is 0 Å². The first-order valence-electron chi connectivity index (χ1n) is 7.71. The molecule has 22 heavy (non-hydrogen) atoms. The number of rotatable bonds is 6. The van der Waals surface area contributed by atoms with E-state index < -0.39 is 5.60 Å². The lowest BCUT2D eigenvalue weighted by molar-refractivity contribution is 0.0236. The zero-order valence-electron chi connectivity index (χ0n) is 13.7. The molecular formula is C16H25BrN2O2S. The van der Waals surface area contributed by atoms with E-state index in [1.807, 2.05) is 25.7 Å². The molecule has 0 aliphatic heterocycles. The summed E-state index contributed by atoms with van der Waals surface area (Å²) in [6.45, 7) is 10.1. The van der Waals surface area contributed by atoms with Crippen LogP contribution in [0.3, 0.4) is 0 Å². The number of carbonyl (C=O) groups is 1. The highest BCUT2D eigenvalue weighted by molar-refractivity contribution is 9.10. The van der Waals surface area contributed by atoms with Gasteiger partial charge >= 0.3 is 6.09 Å². The molecule has 2 rings (SSSR count). The minimum Gasteiger partial charge on any atom is -0.444 e. The van der Waals surface area contributed by atoms with Crippen molar-refractivity contribution in [3.05, 3.63) is 20.3 Å². The Labute approximate surface area is 145 Å². The van der Waals surface area contributed by atoms with E-state index in [9.17, 15) is 4.79 Å². The summed E-state index contributed by atoms with van der Waals surface area (Å²) in [6, 6.07) is 2.52. The molecule has 1 aromatic heterocycles. The Balaban J connectivity index is 1.76. The lowest BCUT2D eigenvalue weighted by Gasteiger charge is -2.27. The largest absolute Gasteiger partial charge is 0.444 e. The molecule has 0 bridgehead atoms. The lowest BCUT2D eigenvalue weighted by Crippen LogP contribution is -2.41. The second-order valence-electron chi connectivity index (χ2n) is 6.70. The van der Waals surface area contributed by atoms with Crippen molar-refractivity contribution in [3.63, 3.8) is 0 Å². The predicted molar refractivity (Wildman–Crippen MR) is 94.4 cm³/mol. The molecule has 4 nitrogen and oxygen atoms in total. The van der Waals surface area contributed by atoms with Crippen LogP contribution in [0.25, 0.3) is 0 Å². The summed E-state index contributed by atoms with van der Waals surface area (Å²) in [7, 11) is 0. The first kappa shape index (κ1) is 17.8. The summed E-state index contributed by atoms with van der Waals surface area (Å²) in [5.41, 5.74) is -0.432. The number of thiophene rings is 1. The maximum Gasteiger partial charge on any atom is 0.410 e. The van der Waals surface area contributed by atoms with Gasteiger partial charge in [-0.1, -0.05) is 0 Å². The minimum absolute atomic E-state index is 0.188. The van der Waals surface area contributed by atoms with Crippen LogP contribution in [0, 0.1) is 6.92 Å². The molecule has 0 spiro atoms. The highest BCUT2D eigenvalue weighted by Crippen LogP contribution is 2.28. The van der Waals surface area contributed by atoms with Gasteiger partial charge in [0, 0.05) is 39.9 Å². The van der Waals surface area contributed by atoms with Gasteiger partial charge in [-0.05, 0) is 62.5 Å². The third-order valence-corrected chi connectivity index (χ3v) is 5.49. The van der Waals surface area contributed by atoms with Gasteiger partial charge in [-0.3, -0.25) is 0 Å². The highest BCUT2D eigenvalue weighted by Gasteiger charge is 2.34. The zero-order valence-corrected chi connectivity index (χ0v) is 16.1. The van der Waals surface area contributed by atoms with Gasteiger partial charge in [0.05, 0.1) is 0 Å². The molecule has 0 unspecified atom stereocenters. The summed E-state index contributed by atoms with van der Waals surface area (Å²) in [5.74, 6) is 0. The second kappa shape index (κ2) is 7.32. The molecule has 6 heteroatoms. The topological polar surface area (TPSA) is 41.6 Å². The molecule has 1 heterocycles. The Kier molecular flexibility index (Phi) is 5.91. The molecule has 1 N–H and O–H groups in total. The molecular weight excluding hydrogens is 364 g/mol. The normalized spacial score (nSPS) is 15.0. The van der Waals surface area contributed by atoms with Crippen LogP contribution in [-0.2, 0) is 11.3 Å². The molecule has 0 aromatic carbocycles. The van der Waals surface area contributed by atoms with Crippen LogP contribution in [0.4, 0.5) is 4.79 Å². The van der Waals surface area contributed by atoms with E-state index in [0.717, 1.165) is 25.9 Å². The fraction of sp³-hybridized carbons (Fsp3) is 0.688. The van der Waals surface area contributed by atoms with Gasteiger partial charge in [-0.25, -0.2) is 4.79 Å². The molecule has 0 saturated heterocycles. The molecule has 1 aliphatic rings. The maximum atomic E-state index is 12.2. The Bertz CT molecular complexity index is 501. The SMILES string of the molecule is Cc1sc(CNCCN(C(=O)OC(C)(C)C)C2CC2)cc1Br. The number of nitrogens with zero attached hydrogens (tertiary/aromatic N) is 1. The van der Waals surface area contributed by atoms with Crippen molar-refractivity contribution in [2.75, 3.05) is 13.1 Å². The molecule has 1 aromatic rings. The van der Waals surface area contributed by atoms with Crippen molar-refractivity contribution in [2.24, 2.45) is 0 Å². The van der Waals surface area contributed by atoms with Crippen molar-refractivity contribution in [2.45, 2.75) is 58.7 Å². The maximum absolute atomic E-state index is 12.2. The number of carbonyl (C=O) groups excluding carboxylic acids is 1. The number of amides is 1. The Morgan fingerprint density at radius 2 is 2.18 bits per heavy atom. The summed E-state index contributed by atoms with van der Waals surface area (Å²) in [5, 5.41) is 3.41. The number of nitrogens with one attached hydrogen (secondary N) is 1. The number of ether oxygens (including phenoxy) is 1. The van der Waals surface area contributed by atoms with Crippen LogP contribution in [0.5, 0.6) is 0 Å². The van der Waals surface area contributed by atoms with Gasteiger partial charge in [0.2, 0.25) is 0 Å². The third kappa shape index (κ3) is 5.56. The van der Waals surface area contributed by atoms with Crippen LogP contribution >= 0.6 is 27.3 Å². The summed E-state index contributed by atoms with van der Waals surface area (Å²) >= 11 is 5.33. The first-order chi connectivity index (χ1) is 10.3. The Morgan fingerprint density at radius 3 is 2.68 bits per heavy atom. The monoisotopic (exact) mass is 388 g/mol. The van der Waals surface area contributed by atoms with Crippen molar-refractivity contribution >= 4 is 33.4 Å². The Morgan fingerprint density at radius 1 is 1.50 bits per heavy atom. The smallest absolute Gasteiger partial charge is 0.410 e. The van der Waals surface area contributed by atoms with Crippen LogP contribution in [0.1, 0.15) is 43.4 Å². The van der Waals surface area contributed by atoms with Crippen molar-refractivity contribution in [3.8, 4) is 0 Å². The van der Waals surface area contributed by atoms with Crippen LogP contribution in [0.15, 0.2) is 10.5 Å². The standard InChI is InChI=1S/C16H25BrN2O2S/c1-11-14(17)9-13(22-11)10-18-7-8-19(12-5-6-12)15(20)21-16(2,3)4/h9,12,18H,5-8,10H2,1-4H3. The van der Waals surface area contributed by atoms with Crippen molar-refractivity contribution in [1.29, 1.82) is 0 Å². The molecule has 1 fully saturated rings. The van der Waals surface area contributed by atoms with E-state index in [0.29, 0.717) is 12.6 Å². The first-order valence-corrected chi connectivity index (χ1v) is 9.32. The average molecular weight is 389 g/mol. The van der Waals surface area contributed by atoms with Gasteiger partial charge in [0.1, 0.15) is 5.60 Å². The highest BCUT2D eigenvalue weighted by atomic mass is 79.9. The predicted octanol–water partition coefficient (Wildman–Crippen LogP) is 4.31. The van der Waals surface area contributed by atoms with Crippen molar-refractivity contribution in [1.82, 2.24) is 10.2 Å². The van der Waals surface area contributed by atoms with Crippen LogP contribution in [0.2, 0.25) is 0 Å². The number of hydrogen-bond donors (Lipinski definition) is 1. The van der Waals surface area contributed by atoms with E-state index in [1.54, 1.807) is 11.3 Å². The molecule has 0 radical (unpaired) electrons. The van der Waals surface area contributed by atoms with E-state index in [2.05, 4.69) is 34.2 Å². The van der Waals surface area contributed by atoms with Crippen LogP contribution < -0.4 is 5.32 Å². The van der Waals surface area contributed by atoms with Crippen LogP contribution in [-0.4, -0.2) is 35.7 Å². The second-order valence-corrected chi connectivity index (χ2v) is 8.89.